The molecule has 8 heteroatoms. The predicted molar refractivity (Wildman–Crippen MR) is 140 cm³/mol. The molecule has 0 radical (unpaired) electrons. The normalized spacial score (nSPS) is 17.1. The number of aromatic nitrogens is 1. The standard InChI is InChI=1S/C28H24N2O5S/c1-15-9-11-19-22(13-15)36-28(29-19)30-24(18-7-5-6-8-21(18)35-4)23(26(32)27(30)33)25(31)17-10-12-20(34-3)16(2)14-17/h5-14,24,31H,1-4H3/b25-23+/t24-/m1/s1. The van der Waals surface area contributed by atoms with Crippen LogP contribution in [-0.4, -0.2) is 36.0 Å². The summed E-state index contributed by atoms with van der Waals surface area (Å²) in [5.41, 5.74) is 3.53. The van der Waals surface area contributed by atoms with Crippen molar-refractivity contribution in [2.45, 2.75) is 19.9 Å². The molecule has 2 heterocycles. The van der Waals surface area contributed by atoms with E-state index >= 15 is 0 Å². The van der Waals surface area contributed by atoms with Crippen molar-refractivity contribution in [1.29, 1.82) is 0 Å². The van der Waals surface area contributed by atoms with Gasteiger partial charge in [0.05, 0.1) is 30.0 Å². The van der Waals surface area contributed by atoms with Gasteiger partial charge in [-0.15, -0.1) is 0 Å². The monoisotopic (exact) mass is 500 g/mol. The fourth-order valence-electron chi connectivity index (χ4n) is 4.52. The molecule has 0 saturated carbocycles. The first kappa shape index (κ1) is 23.6. The van der Waals surface area contributed by atoms with Gasteiger partial charge in [-0.25, -0.2) is 4.98 Å². The molecule has 0 aliphatic carbocycles. The average Bonchev–Trinajstić information content (AvgIpc) is 3.41. The Kier molecular flexibility index (Phi) is 5.97. The summed E-state index contributed by atoms with van der Waals surface area (Å²) in [6.45, 7) is 3.83. The summed E-state index contributed by atoms with van der Waals surface area (Å²) in [5.74, 6) is -0.670. The molecule has 36 heavy (non-hydrogen) atoms. The molecule has 0 bridgehead atoms. The van der Waals surface area contributed by atoms with E-state index in [1.807, 2.05) is 38.1 Å². The summed E-state index contributed by atoms with van der Waals surface area (Å²) < 4.78 is 11.8. The minimum Gasteiger partial charge on any atom is -0.507 e. The predicted octanol–water partition coefficient (Wildman–Crippen LogP) is 5.56. The number of ketones is 1. The molecule has 1 aliphatic heterocycles. The van der Waals surface area contributed by atoms with Crippen LogP contribution in [0.15, 0.2) is 66.2 Å². The number of rotatable bonds is 5. The van der Waals surface area contributed by atoms with Crippen LogP contribution in [0.1, 0.15) is 28.3 Å². The van der Waals surface area contributed by atoms with Gasteiger partial charge < -0.3 is 14.6 Å². The zero-order chi connectivity index (χ0) is 25.6. The number of thiazole rings is 1. The lowest BCUT2D eigenvalue weighted by Crippen LogP contribution is -2.29. The minimum atomic E-state index is -0.926. The summed E-state index contributed by atoms with van der Waals surface area (Å²) in [7, 11) is 3.09. The van der Waals surface area contributed by atoms with Gasteiger partial charge in [0.2, 0.25) is 0 Å². The van der Waals surface area contributed by atoms with Crippen LogP contribution >= 0.6 is 11.3 Å². The van der Waals surface area contributed by atoms with E-state index in [0.717, 1.165) is 21.3 Å². The molecule has 1 fully saturated rings. The molecule has 0 spiro atoms. The number of Topliss-reactive ketones (excluding diaryl/α,β-unsaturated/α-hetero) is 1. The lowest BCUT2D eigenvalue weighted by Gasteiger charge is -2.24. The van der Waals surface area contributed by atoms with Gasteiger partial charge in [0.15, 0.2) is 5.13 Å². The van der Waals surface area contributed by atoms with Crippen LogP contribution in [-0.2, 0) is 9.59 Å². The highest BCUT2D eigenvalue weighted by atomic mass is 32.1. The Labute approximate surface area is 212 Å². The van der Waals surface area contributed by atoms with E-state index in [-0.39, 0.29) is 11.3 Å². The van der Waals surface area contributed by atoms with E-state index in [2.05, 4.69) is 4.98 Å². The van der Waals surface area contributed by atoms with E-state index in [9.17, 15) is 14.7 Å². The SMILES string of the molecule is COc1ccc(/C(O)=C2\C(=O)C(=O)N(c3nc4ccc(C)cc4s3)[C@@H]2c2ccccc2OC)cc1C. The zero-order valence-corrected chi connectivity index (χ0v) is 21.1. The van der Waals surface area contributed by atoms with Gasteiger partial charge >= 0.3 is 5.91 Å². The van der Waals surface area contributed by atoms with Crippen molar-refractivity contribution in [1.82, 2.24) is 4.98 Å². The highest BCUT2D eigenvalue weighted by Gasteiger charge is 2.49. The van der Waals surface area contributed by atoms with Gasteiger partial charge in [-0.2, -0.15) is 0 Å². The van der Waals surface area contributed by atoms with Crippen molar-refractivity contribution in [2.24, 2.45) is 0 Å². The number of methoxy groups -OCH3 is 2. The van der Waals surface area contributed by atoms with Crippen molar-refractivity contribution in [3.63, 3.8) is 0 Å². The highest BCUT2D eigenvalue weighted by Crippen LogP contribution is 2.46. The number of para-hydroxylation sites is 1. The summed E-state index contributed by atoms with van der Waals surface area (Å²) in [5, 5.41) is 11.8. The van der Waals surface area contributed by atoms with E-state index in [0.29, 0.717) is 27.8 Å². The molecular formula is C28H24N2O5S. The summed E-state index contributed by atoms with van der Waals surface area (Å²) in [6, 6.07) is 17.2. The van der Waals surface area contributed by atoms with Gasteiger partial charge in [-0.1, -0.05) is 35.6 Å². The number of benzene rings is 3. The van der Waals surface area contributed by atoms with Crippen LogP contribution in [0.3, 0.4) is 0 Å². The molecule has 182 valence electrons. The third-order valence-corrected chi connectivity index (χ3v) is 7.30. The number of ether oxygens (including phenoxy) is 2. The number of aryl methyl sites for hydroxylation is 2. The molecule has 1 N–H and O–H groups in total. The van der Waals surface area contributed by atoms with E-state index < -0.39 is 17.7 Å². The topological polar surface area (TPSA) is 89.0 Å². The van der Waals surface area contributed by atoms with Crippen LogP contribution < -0.4 is 14.4 Å². The molecule has 3 aromatic carbocycles. The first-order valence-electron chi connectivity index (χ1n) is 11.3. The summed E-state index contributed by atoms with van der Waals surface area (Å²) in [6.07, 6.45) is 0. The quantitative estimate of drug-likeness (QED) is 0.219. The minimum absolute atomic E-state index is 0.0236. The van der Waals surface area contributed by atoms with E-state index in [1.54, 1.807) is 43.5 Å². The maximum atomic E-state index is 13.5. The largest absolute Gasteiger partial charge is 0.507 e. The van der Waals surface area contributed by atoms with Crippen LogP contribution in [0, 0.1) is 13.8 Å². The van der Waals surface area contributed by atoms with Crippen molar-refractivity contribution < 1.29 is 24.2 Å². The van der Waals surface area contributed by atoms with Gasteiger partial charge in [-0.05, 0) is 61.4 Å². The molecular weight excluding hydrogens is 476 g/mol. The molecule has 0 unspecified atom stereocenters. The molecule has 5 rings (SSSR count). The number of hydrogen-bond donors (Lipinski definition) is 1. The number of nitrogens with zero attached hydrogens (tertiary/aromatic N) is 2. The lowest BCUT2D eigenvalue weighted by molar-refractivity contribution is -0.132. The second kappa shape index (κ2) is 9.13. The number of carbonyl (C=O) groups excluding carboxylic acids is 2. The van der Waals surface area contributed by atoms with E-state index in [4.69, 9.17) is 9.47 Å². The number of amides is 1. The van der Waals surface area contributed by atoms with Crippen molar-refractivity contribution in [3.05, 3.63) is 88.5 Å². The second-order valence-corrected chi connectivity index (χ2v) is 9.57. The number of aliphatic hydroxyl groups excluding tert-OH is 1. The van der Waals surface area contributed by atoms with Crippen LogP contribution in [0.2, 0.25) is 0 Å². The Morgan fingerprint density at radius 3 is 2.44 bits per heavy atom. The Morgan fingerprint density at radius 2 is 1.72 bits per heavy atom. The van der Waals surface area contributed by atoms with E-state index in [1.165, 1.54) is 23.3 Å². The van der Waals surface area contributed by atoms with Gasteiger partial charge in [0.25, 0.3) is 5.78 Å². The number of carbonyl (C=O) groups is 2. The van der Waals surface area contributed by atoms with Gasteiger partial charge in [0, 0.05) is 11.1 Å². The fourth-order valence-corrected chi connectivity index (χ4v) is 5.61. The lowest BCUT2D eigenvalue weighted by atomic mass is 9.94. The fraction of sp³-hybridized carbons (Fsp3) is 0.179. The third-order valence-electron chi connectivity index (χ3n) is 6.28. The summed E-state index contributed by atoms with van der Waals surface area (Å²) >= 11 is 1.32. The number of aliphatic hydroxyl groups is 1. The Bertz CT molecular complexity index is 1550. The molecule has 1 amide bonds. The molecule has 1 aromatic heterocycles. The Hall–Kier alpha value is -4.17. The number of anilines is 1. The third kappa shape index (κ3) is 3.79. The van der Waals surface area contributed by atoms with Crippen LogP contribution in [0.4, 0.5) is 5.13 Å². The first-order valence-corrected chi connectivity index (χ1v) is 12.1. The Morgan fingerprint density at radius 1 is 0.972 bits per heavy atom. The van der Waals surface area contributed by atoms with Crippen molar-refractivity contribution in [2.75, 3.05) is 19.1 Å². The number of fused-ring (bicyclic) bond motifs is 1. The second-order valence-electron chi connectivity index (χ2n) is 8.56. The van der Waals surface area contributed by atoms with Gasteiger partial charge in [0.1, 0.15) is 23.3 Å². The maximum absolute atomic E-state index is 13.5. The molecule has 1 saturated heterocycles. The maximum Gasteiger partial charge on any atom is 0.301 e. The zero-order valence-electron chi connectivity index (χ0n) is 20.2. The van der Waals surface area contributed by atoms with Crippen LogP contribution in [0.5, 0.6) is 11.5 Å². The Balaban J connectivity index is 1.75. The van der Waals surface area contributed by atoms with Crippen molar-refractivity contribution >= 4 is 44.1 Å². The number of hydrogen-bond acceptors (Lipinski definition) is 7. The highest BCUT2D eigenvalue weighted by molar-refractivity contribution is 7.22. The molecule has 1 atom stereocenters. The summed E-state index contributed by atoms with van der Waals surface area (Å²) in [4.78, 5) is 33.0. The van der Waals surface area contributed by atoms with Crippen molar-refractivity contribution in [3.8, 4) is 11.5 Å². The average molecular weight is 501 g/mol. The molecule has 4 aromatic rings. The van der Waals surface area contributed by atoms with Crippen LogP contribution in [0.25, 0.3) is 16.0 Å². The smallest absolute Gasteiger partial charge is 0.301 e. The molecule has 1 aliphatic rings. The first-order chi connectivity index (χ1) is 17.3. The van der Waals surface area contributed by atoms with Gasteiger partial charge in [-0.3, -0.25) is 14.5 Å². The molecule has 7 nitrogen and oxygen atoms in total.